The lowest BCUT2D eigenvalue weighted by molar-refractivity contribution is -0.0195. The maximum atomic E-state index is 5.82. The largest absolute Gasteiger partial charge is 0.374 e. The van der Waals surface area contributed by atoms with Crippen LogP contribution < -0.4 is 5.32 Å². The summed E-state index contributed by atoms with van der Waals surface area (Å²) in [5.41, 5.74) is 0. The molecule has 0 amide bonds. The minimum Gasteiger partial charge on any atom is -0.374 e. The molecule has 18 heavy (non-hydrogen) atoms. The number of rotatable bonds is 5. The normalized spacial score (nSPS) is 27.3. The second-order valence-corrected chi connectivity index (χ2v) is 6.47. The second kappa shape index (κ2) is 5.70. The molecule has 2 unspecified atom stereocenters. The van der Waals surface area contributed by atoms with Crippen molar-refractivity contribution in [3.8, 4) is 0 Å². The van der Waals surface area contributed by atoms with Crippen molar-refractivity contribution >= 4 is 11.3 Å². The zero-order valence-electron chi connectivity index (χ0n) is 11.0. The SMILES string of the molecule is CN1CCOC(CNC(c2cccs2)C2CC2)C1. The van der Waals surface area contributed by atoms with Crippen LogP contribution in [-0.4, -0.2) is 44.3 Å². The maximum Gasteiger partial charge on any atom is 0.0826 e. The number of hydrogen-bond donors (Lipinski definition) is 1. The van der Waals surface area contributed by atoms with Gasteiger partial charge in [0.15, 0.2) is 0 Å². The van der Waals surface area contributed by atoms with E-state index in [-0.39, 0.29) is 0 Å². The van der Waals surface area contributed by atoms with E-state index in [1.165, 1.54) is 17.7 Å². The molecule has 4 heteroatoms. The molecule has 1 saturated heterocycles. The first-order chi connectivity index (χ1) is 8.83. The van der Waals surface area contributed by atoms with Gasteiger partial charge in [0.25, 0.3) is 0 Å². The van der Waals surface area contributed by atoms with E-state index in [0.717, 1.165) is 32.2 Å². The number of likely N-dealkylation sites (N-methyl/N-ethyl adjacent to an activating group) is 1. The summed E-state index contributed by atoms with van der Waals surface area (Å²) in [5.74, 6) is 0.852. The van der Waals surface area contributed by atoms with Gasteiger partial charge in [-0.05, 0) is 37.3 Å². The fourth-order valence-corrected chi connectivity index (χ4v) is 3.54. The highest BCUT2D eigenvalue weighted by molar-refractivity contribution is 7.10. The summed E-state index contributed by atoms with van der Waals surface area (Å²) in [7, 11) is 2.17. The molecule has 0 bridgehead atoms. The fourth-order valence-electron chi connectivity index (χ4n) is 2.65. The molecule has 1 N–H and O–H groups in total. The van der Waals surface area contributed by atoms with E-state index < -0.39 is 0 Å². The van der Waals surface area contributed by atoms with Crippen LogP contribution in [0.3, 0.4) is 0 Å². The van der Waals surface area contributed by atoms with Gasteiger partial charge in [0, 0.05) is 30.6 Å². The zero-order valence-corrected chi connectivity index (χ0v) is 11.8. The maximum absolute atomic E-state index is 5.82. The summed E-state index contributed by atoms with van der Waals surface area (Å²) in [5, 5.41) is 5.91. The first-order valence-electron chi connectivity index (χ1n) is 6.90. The van der Waals surface area contributed by atoms with Crippen LogP contribution in [0.1, 0.15) is 23.8 Å². The number of morpholine rings is 1. The number of hydrogen-bond acceptors (Lipinski definition) is 4. The lowest BCUT2D eigenvalue weighted by atomic mass is 10.1. The molecule has 1 aliphatic heterocycles. The van der Waals surface area contributed by atoms with E-state index in [1.54, 1.807) is 0 Å². The number of thiophene rings is 1. The van der Waals surface area contributed by atoms with Crippen molar-refractivity contribution in [2.75, 3.05) is 33.3 Å². The molecule has 0 aromatic carbocycles. The van der Waals surface area contributed by atoms with E-state index in [9.17, 15) is 0 Å². The molecule has 1 aliphatic carbocycles. The molecule has 2 atom stereocenters. The van der Waals surface area contributed by atoms with Gasteiger partial charge in [-0.1, -0.05) is 6.07 Å². The molecule has 1 saturated carbocycles. The van der Waals surface area contributed by atoms with Crippen molar-refractivity contribution < 1.29 is 4.74 Å². The van der Waals surface area contributed by atoms with E-state index in [4.69, 9.17) is 4.74 Å². The molecule has 1 aromatic rings. The molecule has 0 radical (unpaired) electrons. The van der Waals surface area contributed by atoms with E-state index in [0.29, 0.717) is 12.1 Å². The quantitative estimate of drug-likeness (QED) is 0.883. The zero-order chi connectivity index (χ0) is 12.4. The predicted molar refractivity (Wildman–Crippen MR) is 75.0 cm³/mol. The Morgan fingerprint density at radius 1 is 1.56 bits per heavy atom. The van der Waals surface area contributed by atoms with E-state index in [1.807, 2.05) is 11.3 Å². The standard InChI is InChI=1S/C14H22N2OS/c1-16-6-7-17-12(10-16)9-15-14(11-4-5-11)13-3-2-8-18-13/h2-3,8,11-12,14-15H,4-7,9-10H2,1H3. The highest BCUT2D eigenvalue weighted by Crippen LogP contribution is 2.42. The number of nitrogens with zero attached hydrogens (tertiary/aromatic N) is 1. The average Bonchev–Trinajstić information content (AvgIpc) is 3.05. The Morgan fingerprint density at radius 3 is 3.11 bits per heavy atom. The number of nitrogens with one attached hydrogen (secondary N) is 1. The van der Waals surface area contributed by atoms with E-state index in [2.05, 4.69) is 34.8 Å². The van der Waals surface area contributed by atoms with Gasteiger partial charge in [-0.15, -0.1) is 11.3 Å². The first-order valence-corrected chi connectivity index (χ1v) is 7.78. The van der Waals surface area contributed by atoms with Gasteiger partial charge in [0.05, 0.1) is 12.7 Å². The van der Waals surface area contributed by atoms with Gasteiger partial charge in [0.1, 0.15) is 0 Å². The van der Waals surface area contributed by atoms with Crippen LogP contribution in [0, 0.1) is 5.92 Å². The molecular weight excluding hydrogens is 244 g/mol. The molecule has 1 aromatic heterocycles. The van der Waals surface area contributed by atoms with Crippen LogP contribution in [0.4, 0.5) is 0 Å². The highest BCUT2D eigenvalue weighted by atomic mass is 32.1. The Labute approximate surface area is 113 Å². The average molecular weight is 266 g/mol. The lowest BCUT2D eigenvalue weighted by Crippen LogP contribution is -2.45. The smallest absolute Gasteiger partial charge is 0.0826 e. The predicted octanol–water partition coefficient (Wildman–Crippen LogP) is 2.12. The monoisotopic (exact) mass is 266 g/mol. The third-order valence-corrected chi connectivity index (χ3v) is 4.81. The van der Waals surface area contributed by atoms with Gasteiger partial charge in [-0.2, -0.15) is 0 Å². The van der Waals surface area contributed by atoms with Gasteiger partial charge >= 0.3 is 0 Å². The van der Waals surface area contributed by atoms with Gasteiger partial charge in [0.2, 0.25) is 0 Å². The van der Waals surface area contributed by atoms with Crippen molar-refractivity contribution in [2.24, 2.45) is 5.92 Å². The van der Waals surface area contributed by atoms with Gasteiger partial charge in [-0.25, -0.2) is 0 Å². The lowest BCUT2D eigenvalue weighted by Gasteiger charge is -2.31. The third-order valence-electron chi connectivity index (χ3n) is 3.85. The molecule has 3 nitrogen and oxygen atoms in total. The van der Waals surface area contributed by atoms with Crippen LogP contribution >= 0.6 is 11.3 Å². The van der Waals surface area contributed by atoms with Crippen LogP contribution in [0.25, 0.3) is 0 Å². The molecule has 0 spiro atoms. The van der Waals surface area contributed by atoms with Crippen molar-refractivity contribution in [3.63, 3.8) is 0 Å². The summed E-state index contributed by atoms with van der Waals surface area (Å²) in [6, 6.07) is 4.97. The minimum absolute atomic E-state index is 0.352. The molecule has 2 heterocycles. The molecular formula is C14H22N2OS. The Kier molecular flexibility index (Phi) is 3.99. The van der Waals surface area contributed by atoms with Crippen molar-refractivity contribution in [3.05, 3.63) is 22.4 Å². The van der Waals surface area contributed by atoms with Crippen LogP contribution in [0.15, 0.2) is 17.5 Å². The molecule has 100 valence electrons. The van der Waals surface area contributed by atoms with Crippen molar-refractivity contribution in [2.45, 2.75) is 25.0 Å². The highest BCUT2D eigenvalue weighted by Gasteiger charge is 2.33. The van der Waals surface area contributed by atoms with Gasteiger partial charge in [-0.3, -0.25) is 0 Å². The topological polar surface area (TPSA) is 24.5 Å². The summed E-state index contributed by atoms with van der Waals surface area (Å²) in [4.78, 5) is 3.84. The molecule has 2 aliphatic rings. The Bertz CT molecular complexity index is 364. The van der Waals surface area contributed by atoms with Gasteiger partial charge < -0.3 is 15.0 Å². The van der Waals surface area contributed by atoms with Crippen molar-refractivity contribution in [1.29, 1.82) is 0 Å². The Hall–Kier alpha value is -0.420. The molecule has 3 rings (SSSR count). The van der Waals surface area contributed by atoms with Crippen LogP contribution in [0.2, 0.25) is 0 Å². The second-order valence-electron chi connectivity index (χ2n) is 5.49. The first kappa shape index (κ1) is 12.6. The fraction of sp³-hybridized carbons (Fsp3) is 0.714. The number of ether oxygens (including phenoxy) is 1. The third kappa shape index (κ3) is 3.12. The van der Waals surface area contributed by atoms with Crippen molar-refractivity contribution in [1.82, 2.24) is 10.2 Å². The summed E-state index contributed by atoms with van der Waals surface area (Å²) in [6.07, 6.45) is 3.10. The Balaban J connectivity index is 1.54. The minimum atomic E-state index is 0.352. The molecule has 2 fully saturated rings. The summed E-state index contributed by atoms with van der Waals surface area (Å²) in [6.45, 7) is 3.96. The van der Waals surface area contributed by atoms with Crippen LogP contribution in [0.5, 0.6) is 0 Å². The van der Waals surface area contributed by atoms with E-state index >= 15 is 0 Å². The van der Waals surface area contributed by atoms with Crippen LogP contribution in [-0.2, 0) is 4.74 Å². The Morgan fingerprint density at radius 2 is 2.44 bits per heavy atom. The summed E-state index contributed by atoms with van der Waals surface area (Å²) >= 11 is 1.87. The summed E-state index contributed by atoms with van der Waals surface area (Å²) < 4.78 is 5.82.